The van der Waals surface area contributed by atoms with Crippen molar-refractivity contribution in [2.24, 2.45) is 0 Å². The third kappa shape index (κ3) is 4.06. The molecule has 1 aromatic heterocycles. The molecule has 1 aromatic carbocycles. The van der Waals surface area contributed by atoms with Gasteiger partial charge in [-0.25, -0.2) is 0 Å². The average Bonchev–Trinajstić information content (AvgIpc) is 2.85. The number of halogens is 1. The quantitative estimate of drug-likeness (QED) is 0.854. The molecule has 2 rings (SSSR count). The Morgan fingerprint density at radius 1 is 1.37 bits per heavy atom. The maximum Gasteiger partial charge on any atom is 0.0640 e. The van der Waals surface area contributed by atoms with E-state index in [0.29, 0.717) is 6.54 Å². The summed E-state index contributed by atoms with van der Waals surface area (Å²) in [5, 5.41) is 17.2. The maximum atomic E-state index is 8.83. The fourth-order valence-corrected chi connectivity index (χ4v) is 1.99. The molecule has 0 bridgehead atoms. The molecule has 0 saturated carbocycles. The zero-order chi connectivity index (χ0) is 13.7. The molecule has 0 saturated heterocycles. The van der Waals surface area contributed by atoms with Crippen molar-refractivity contribution in [1.82, 2.24) is 15.1 Å². The number of hydrogen-bond donors (Lipinski definition) is 2. The van der Waals surface area contributed by atoms with Crippen molar-refractivity contribution in [3.63, 3.8) is 0 Å². The fraction of sp³-hybridized carbons (Fsp3) is 0.357. The highest BCUT2D eigenvalue weighted by Crippen LogP contribution is 2.16. The number of aliphatic hydroxyl groups is 1. The Bertz CT molecular complexity index is 510. The molecule has 0 unspecified atom stereocenters. The Morgan fingerprint density at radius 2 is 2.11 bits per heavy atom. The van der Waals surface area contributed by atoms with Crippen LogP contribution in [-0.4, -0.2) is 21.5 Å². The van der Waals surface area contributed by atoms with Gasteiger partial charge in [-0.05, 0) is 24.6 Å². The highest BCUT2D eigenvalue weighted by molar-refractivity contribution is 6.30. The lowest BCUT2D eigenvalue weighted by molar-refractivity contribution is 0.269. The normalized spacial score (nSPS) is 12.6. The molecule has 2 aromatic rings. The van der Waals surface area contributed by atoms with Crippen LogP contribution < -0.4 is 5.32 Å². The van der Waals surface area contributed by atoms with Gasteiger partial charge in [0.05, 0.1) is 19.3 Å². The van der Waals surface area contributed by atoms with Gasteiger partial charge in [-0.2, -0.15) is 5.10 Å². The molecule has 2 N–H and O–H groups in total. The van der Waals surface area contributed by atoms with E-state index in [0.717, 1.165) is 17.1 Å². The van der Waals surface area contributed by atoms with E-state index in [4.69, 9.17) is 16.7 Å². The van der Waals surface area contributed by atoms with Gasteiger partial charge in [0.15, 0.2) is 0 Å². The van der Waals surface area contributed by atoms with Crippen molar-refractivity contribution in [2.45, 2.75) is 26.1 Å². The summed E-state index contributed by atoms with van der Waals surface area (Å²) in [7, 11) is 0. The summed E-state index contributed by atoms with van der Waals surface area (Å²) < 4.78 is 1.74. The molecule has 0 fully saturated rings. The summed E-state index contributed by atoms with van der Waals surface area (Å²) in [6.07, 6.45) is 3.76. The van der Waals surface area contributed by atoms with Crippen LogP contribution in [0.4, 0.5) is 0 Å². The summed E-state index contributed by atoms with van der Waals surface area (Å²) in [5.74, 6) is 0. The molecule has 0 radical (unpaired) electrons. The lowest BCUT2D eigenvalue weighted by Gasteiger charge is -2.13. The van der Waals surface area contributed by atoms with Crippen LogP contribution in [0, 0.1) is 0 Å². The Hall–Kier alpha value is -1.36. The van der Waals surface area contributed by atoms with Gasteiger partial charge in [0.1, 0.15) is 0 Å². The smallest absolute Gasteiger partial charge is 0.0640 e. The van der Waals surface area contributed by atoms with Crippen molar-refractivity contribution in [2.75, 3.05) is 6.61 Å². The van der Waals surface area contributed by atoms with Gasteiger partial charge >= 0.3 is 0 Å². The lowest BCUT2D eigenvalue weighted by Crippen LogP contribution is -2.17. The zero-order valence-corrected chi connectivity index (χ0v) is 11.6. The van der Waals surface area contributed by atoms with E-state index in [-0.39, 0.29) is 12.6 Å². The number of aliphatic hydroxyl groups excluding tert-OH is 1. The Labute approximate surface area is 118 Å². The van der Waals surface area contributed by atoms with Gasteiger partial charge in [0.2, 0.25) is 0 Å². The molecule has 0 aliphatic heterocycles. The maximum absolute atomic E-state index is 8.83. The number of nitrogens with one attached hydrogen (secondary N) is 1. The Kier molecular flexibility index (Phi) is 4.96. The predicted octanol–water partition coefficient (Wildman–Crippen LogP) is 2.38. The topological polar surface area (TPSA) is 50.1 Å². The monoisotopic (exact) mass is 279 g/mol. The average molecular weight is 280 g/mol. The molecule has 0 amide bonds. The Morgan fingerprint density at radius 3 is 2.79 bits per heavy atom. The van der Waals surface area contributed by atoms with Crippen LogP contribution in [0.25, 0.3) is 0 Å². The van der Waals surface area contributed by atoms with Crippen molar-refractivity contribution < 1.29 is 5.11 Å². The second-order valence-corrected chi connectivity index (χ2v) is 4.93. The van der Waals surface area contributed by atoms with E-state index in [1.54, 1.807) is 4.68 Å². The standard InChI is InChI=1S/C14H18ClN3O/c1-11(13-2-4-14(15)5-3-13)16-8-12-9-17-18(10-12)6-7-19/h2-5,9-11,16,19H,6-8H2,1H3/t11-/m0/s1. The second kappa shape index (κ2) is 6.70. The highest BCUT2D eigenvalue weighted by Gasteiger charge is 2.05. The van der Waals surface area contributed by atoms with Crippen LogP contribution in [0.15, 0.2) is 36.7 Å². The molecule has 19 heavy (non-hydrogen) atoms. The first-order valence-corrected chi connectivity index (χ1v) is 6.68. The van der Waals surface area contributed by atoms with Crippen LogP contribution in [0.3, 0.4) is 0 Å². The largest absolute Gasteiger partial charge is 0.394 e. The van der Waals surface area contributed by atoms with Gasteiger partial charge in [-0.15, -0.1) is 0 Å². The first-order valence-electron chi connectivity index (χ1n) is 6.30. The summed E-state index contributed by atoms with van der Waals surface area (Å²) in [5.41, 5.74) is 2.31. The molecule has 1 heterocycles. The molecule has 102 valence electrons. The summed E-state index contributed by atoms with van der Waals surface area (Å²) >= 11 is 5.87. The van der Waals surface area contributed by atoms with E-state index in [1.165, 1.54) is 5.56 Å². The van der Waals surface area contributed by atoms with E-state index in [9.17, 15) is 0 Å². The molecular formula is C14H18ClN3O. The third-order valence-corrected chi connectivity index (χ3v) is 3.25. The van der Waals surface area contributed by atoms with Gasteiger partial charge in [-0.3, -0.25) is 4.68 Å². The predicted molar refractivity (Wildman–Crippen MR) is 76.0 cm³/mol. The van der Waals surface area contributed by atoms with E-state index >= 15 is 0 Å². The highest BCUT2D eigenvalue weighted by atomic mass is 35.5. The molecule has 0 aliphatic carbocycles. The number of aromatic nitrogens is 2. The minimum atomic E-state index is 0.107. The SMILES string of the molecule is C[C@H](NCc1cnn(CCO)c1)c1ccc(Cl)cc1. The minimum Gasteiger partial charge on any atom is -0.394 e. The Balaban J connectivity index is 1.88. The first kappa shape index (κ1) is 14.1. The molecule has 1 atom stereocenters. The summed E-state index contributed by atoms with van der Waals surface area (Å²) in [6.45, 7) is 3.50. The molecule has 0 aliphatic rings. The van der Waals surface area contributed by atoms with Crippen molar-refractivity contribution in [1.29, 1.82) is 0 Å². The van der Waals surface area contributed by atoms with Crippen molar-refractivity contribution in [3.8, 4) is 0 Å². The molecule has 0 spiro atoms. The lowest BCUT2D eigenvalue weighted by atomic mass is 10.1. The van der Waals surface area contributed by atoms with Crippen LogP contribution in [0.2, 0.25) is 5.02 Å². The molecule has 4 nitrogen and oxygen atoms in total. The molecular weight excluding hydrogens is 262 g/mol. The van der Waals surface area contributed by atoms with E-state index in [1.807, 2.05) is 36.7 Å². The number of hydrogen-bond acceptors (Lipinski definition) is 3. The van der Waals surface area contributed by atoms with Crippen molar-refractivity contribution >= 4 is 11.6 Å². The number of benzene rings is 1. The fourth-order valence-electron chi connectivity index (χ4n) is 1.86. The summed E-state index contributed by atoms with van der Waals surface area (Å²) in [6, 6.07) is 8.09. The van der Waals surface area contributed by atoms with Crippen LogP contribution in [0.5, 0.6) is 0 Å². The molecule has 5 heteroatoms. The summed E-state index contributed by atoms with van der Waals surface area (Å²) in [4.78, 5) is 0. The van der Waals surface area contributed by atoms with Gasteiger partial charge in [0.25, 0.3) is 0 Å². The minimum absolute atomic E-state index is 0.107. The van der Waals surface area contributed by atoms with E-state index in [2.05, 4.69) is 17.3 Å². The second-order valence-electron chi connectivity index (χ2n) is 4.49. The van der Waals surface area contributed by atoms with Crippen molar-refractivity contribution in [3.05, 3.63) is 52.8 Å². The zero-order valence-electron chi connectivity index (χ0n) is 10.9. The van der Waals surface area contributed by atoms with Crippen LogP contribution in [-0.2, 0) is 13.1 Å². The van der Waals surface area contributed by atoms with Gasteiger partial charge in [-0.1, -0.05) is 23.7 Å². The van der Waals surface area contributed by atoms with Gasteiger partial charge < -0.3 is 10.4 Å². The number of nitrogens with zero attached hydrogens (tertiary/aromatic N) is 2. The van der Waals surface area contributed by atoms with Gasteiger partial charge in [0, 0.05) is 29.4 Å². The first-order chi connectivity index (χ1) is 9.19. The number of rotatable bonds is 6. The third-order valence-electron chi connectivity index (χ3n) is 3.00. The van der Waals surface area contributed by atoms with E-state index < -0.39 is 0 Å². The van der Waals surface area contributed by atoms with Crippen LogP contribution in [0.1, 0.15) is 24.1 Å². The van der Waals surface area contributed by atoms with Crippen LogP contribution >= 0.6 is 11.6 Å².